The molecule has 0 aromatic rings. The standard InChI is InChI=1S/C12H20O.CH4/c1-4-5-6-7-8-9-10-12(13)11(2)3;/h5-6,8-9,11H,4,7,10H2,1-3H3;1H4/b6-5-,9-8-;. The predicted octanol–water partition coefficient (Wildman–Crippen LogP) is 4.15. The second kappa shape index (κ2) is 10.2. The van der Waals surface area contributed by atoms with Gasteiger partial charge >= 0.3 is 0 Å². The molecule has 0 saturated carbocycles. The summed E-state index contributed by atoms with van der Waals surface area (Å²) in [6, 6.07) is 0. The van der Waals surface area contributed by atoms with Crippen LogP contribution < -0.4 is 0 Å². The van der Waals surface area contributed by atoms with E-state index in [1.807, 2.05) is 26.0 Å². The van der Waals surface area contributed by atoms with E-state index >= 15 is 0 Å². The zero-order valence-corrected chi connectivity index (χ0v) is 8.92. The van der Waals surface area contributed by atoms with E-state index in [0.29, 0.717) is 12.2 Å². The Hall–Kier alpha value is -0.850. The number of Topliss-reactive ketones (excluding diaryl/α,β-unsaturated/α-hetero) is 1. The molecule has 0 aliphatic rings. The molecule has 0 unspecified atom stereocenters. The Balaban J connectivity index is 0. The Morgan fingerprint density at radius 1 is 1.14 bits per heavy atom. The molecule has 0 bridgehead atoms. The van der Waals surface area contributed by atoms with Crippen molar-refractivity contribution in [3.05, 3.63) is 24.3 Å². The van der Waals surface area contributed by atoms with Gasteiger partial charge in [-0.2, -0.15) is 0 Å². The van der Waals surface area contributed by atoms with Gasteiger partial charge in [-0.25, -0.2) is 0 Å². The molecule has 0 fully saturated rings. The highest BCUT2D eigenvalue weighted by atomic mass is 16.1. The van der Waals surface area contributed by atoms with Gasteiger partial charge in [-0.1, -0.05) is 52.5 Å². The molecule has 0 aliphatic carbocycles. The van der Waals surface area contributed by atoms with Crippen molar-refractivity contribution in [2.75, 3.05) is 0 Å². The lowest BCUT2D eigenvalue weighted by Gasteiger charge is -1.98. The molecule has 0 spiro atoms. The Morgan fingerprint density at radius 3 is 2.21 bits per heavy atom. The van der Waals surface area contributed by atoms with Crippen LogP contribution in [-0.2, 0) is 4.79 Å². The Bertz CT molecular complexity index is 187. The van der Waals surface area contributed by atoms with Crippen molar-refractivity contribution in [1.29, 1.82) is 0 Å². The van der Waals surface area contributed by atoms with E-state index in [1.165, 1.54) is 0 Å². The third kappa shape index (κ3) is 9.24. The molecule has 82 valence electrons. The number of hydrogen-bond donors (Lipinski definition) is 0. The molecule has 0 rings (SSSR count). The first-order chi connectivity index (χ1) is 6.18. The number of hydrogen-bond acceptors (Lipinski definition) is 1. The van der Waals surface area contributed by atoms with E-state index in [1.54, 1.807) is 0 Å². The van der Waals surface area contributed by atoms with E-state index in [2.05, 4.69) is 19.1 Å². The van der Waals surface area contributed by atoms with Gasteiger partial charge < -0.3 is 0 Å². The van der Waals surface area contributed by atoms with E-state index in [0.717, 1.165) is 12.8 Å². The van der Waals surface area contributed by atoms with Crippen LogP contribution in [0.3, 0.4) is 0 Å². The van der Waals surface area contributed by atoms with Crippen molar-refractivity contribution in [3.8, 4) is 0 Å². The lowest BCUT2D eigenvalue weighted by molar-refractivity contribution is -0.121. The zero-order valence-electron chi connectivity index (χ0n) is 8.92. The minimum Gasteiger partial charge on any atom is -0.299 e. The third-order valence-electron chi connectivity index (χ3n) is 1.80. The molecule has 0 aromatic heterocycles. The van der Waals surface area contributed by atoms with Gasteiger partial charge in [0, 0.05) is 12.3 Å². The molecule has 0 atom stereocenters. The molecule has 0 radical (unpaired) electrons. The number of allylic oxidation sites excluding steroid dienone is 4. The summed E-state index contributed by atoms with van der Waals surface area (Å²) in [6.07, 6.45) is 10.9. The summed E-state index contributed by atoms with van der Waals surface area (Å²) < 4.78 is 0. The van der Waals surface area contributed by atoms with E-state index in [9.17, 15) is 4.79 Å². The zero-order chi connectivity index (χ0) is 10.1. The van der Waals surface area contributed by atoms with Crippen LogP contribution in [0.5, 0.6) is 0 Å². The minimum atomic E-state index is 0. The third-order valence-corrected chi connectivity index (χ3v) is 1.80. The SMILES string of the molecule is C.CC/C=C\C/C=C\CC(=O)C(C)C. The molecule has 0 amide bonds. The summed E-state index contributed by atoms with van der Waals surface area (Å²) in [5.74, 6) is 0.478. The van der Waals surface area contributed by atoms with E-state index in [-0.39, 0.29) is 13.3 Å². The Labute approximate surface area is 88.9 Å². The van der Waals surface area contributed by atoms with E-state index < -0.39 is 0 Å². The van der Waals surface area contributed by atoms with Crippen LogP contribution in [0.4, 0.5) is 0 Å². The highest BCUT2D eigenvalue weighted by molar-refractivity contribution is 5.81. The molecule has 0 heterocycles. The maximum Gasteiger partial charge on any atom is 0.139 e. The highest BCUT2D eigenvalue weighted by Gasteiger charge is 2.02. The number of rotatable bonds is 6. The second-order valence-electron chi connectivity index (χ2n) is 3.41. The molecule has 1 heteroatoms. The normalized spacial score (nSPS) is 11.1. The maximum absolute atomic E-state index is 11.2. The van der Waals surface area contributed by atoms with Crippen LogP contribution in [-0.4, -0.2) is 5.78 Å². The predicted molar refractivity (Wildman–Crippen MR) is 64.4 cm³/mol. The van der Waals surface area contributed by atoms with Gasteiger partial charge in [0.2, 0.25) is 0 Å². The van der Waals surface area contributed by atoms with Crippen LogP contribution >= 0.6 is 0 Å². The van der Waals surface area contributed by atoms with Crippen LogP contribution in [0.2, 0.25) is 0 Å². The largest absolute Gasteiger partial charge is 0.299 e. The van der Waals surface area contributed by atoms with Gasteiger partial charge in [0.05, 0.1) is 0 Å². The van der Waals surface area contributed by atoms with Crippen molar-refractivity contribution in [2.24, 2.45) is 5.92 Å². The lowest BCUT2D eigenvalue weighted by Crippen LogP contribution is -2.04. The second-order valence-corrected chi connectivity index (χ2v) is 3.41. The topological polar surface area (TPSA) is 17.1 Å². The van der Waals surface area contributed by atoms with Gasteiger partial charge in [0.1, 0.15) is 5.78 Å². The Kier molecular flexibility index (Phi) is 11.4. The summed E-state index contributed by atoms with van der Waals surface area (Å²) in [4.78, 5) is 11.2. The molecular formula is C13H24O. The van der Waals surface area contributed by atoms with Gasteiger partial charge in [-0.3, -0.25) is 4.79 Å². The van der Waals surface area contributed by atoms with Crippen molar-refractivity contribution >= 4 is 5.78 Å². The fraction of sp³-hybridized carbons (Fsp3) is 0.615. The van der Waals surface area contributed by atoms with Gasteiger partial charge in [0.15, 0.2) is 0 Å². The summed E-state index contributed by atoms with van der Waals surface area (Å²) in [5, 5.41) is 0. The van der Waals surface area contributed by atoms with Crippen LogP contribution in [0.15, 0.2) is 24.3 Å². The smallest absolute Gasteiger partial charge is 0.139 e. The quantitative estimate of drug-likeness (QED) is 0.583. The maximum atomic E-state index is 11.2. The van der Waals surface area contributed by atoms with Crippen molar-refractivity contribution in [1.82, 2.24) is 0 Å². The van der Waals surface area contributed by atoms with Crippen LogP contribution in [0, 0.1) is 5.92 Å². The number of carbonyl (C=O) groups excluding carboxylic acids is 1. The summed E-state index contributed by atoms with van der Waals surface area (Å²) in [5.41, 5.74) is 0. The molecule has 0 N–H and O–H groups in total. The van der Waals surface area contributed by atoms with Crippen LogP contribution in [0.25, 0.3) is 0 Å². The molecule has 0 saturated heterocycles. The minimum absolute atomic E-state index is 0. The first-order valence-electron chi connectivity index (χ1n) is 5.01. The van der Waals surface area contributed by atoms with Gasteiger partial charge in [-0.05, 0) is 12.8 Å². The monoisotopic (exact) mass is 196 g/mol. The van der Waals surface area contributed by atoms with Crippen molar-refractivity contribution < 1.29 is 4.79 Å². The van der Waals surface area contributed by atoms with Gasteiger partial charge in [0.25, 0.3) is 0 Å². The molecule has 14 heavy (non-hydrogen) atoms. The fourth-order valence-corrected chi connectivity index (χ4v) is 0.873. The summed E-state index contributed by atoms with van der Waals surface area (Å²) >= 11 is 0. The van der Waals surface area contributed by atoms with Crippen molar-refractivity contribution in [3.63, 3.8) is 0 Å². The van der Waals surface area contributed by atoms with Gasteiger partial charge in [-0.15, -0.1) is 0 Å². The highest BCUT2D eigenvalue weighted by Crippen LogP contribution is 2.00. The molecule has 1 nitrogen and oxygen atoms in total. The van der Waals surface area contributed by atoms with Crippen LogP contribution in [0.1, 0.15) is 47.5 Å². The first kappa shape index (κ1) is 15.6. The summed E-state index contributed by atoms with van der Waals surface area (Å²) in [6.45, 7) is 5.99. The summed E-state index contributed by atoms with van der Waals surface area (Å²) in [7, 11) is 0. The Morgan fingerprint density at radius 2 is 1.71 bits per heavy atom. The van der Waals surface area contributed by atoms with E-state index in [4.69, 9.17) is 0 Å². The molecular weight excluding hydrogens is 172 g/mol. The first-order valence-corrected chi connectivity index (χ1v) is 5.01. The average molecular weight is 196 g/mol. The van der Waals surface area contributed by atoms with Crippen molar-refractivity contribution in [2.45, 2.75) is 47.5 Å². The number of ketones is 1. The fourth-order valence-electron chi connectivity index (χ4n) is 0.873. The number of carbonyl (C=O) groups is 1. The molecule has 0 aromatic carbocycles. The average Bonchev–Trinajstić information content (AvgIpc) is 2.10. The molecule has 0 aliphatic heterocycles. The lowest BCUT2D eigenvalue weighted by atomic mass is 10.1.